The summed E-state index contributed by atoms with van der Waals surface area (Å²) in [5, 5.41) is 10.1. The molecule has 1 aromatic heterocycles. The lowest BCUT2D eigenvalue weighted by atomic mass is 9.81. The van der Waals surface area contributed by atoms with Gasteiger partial charge in [0.2, 0.25) is 0 Å². The predicted octanol–water partition coefficient (Wildman–Crippen LogP) is 1.83. The highest BCUT2D eigenvalue weighted by molar-refractivity contribution is 7.92. The molecule has 20 heavy (non-hydrogen) atoms. The van der Waals surface area contributed by atoms with E-state index in [9.17, 15) is 13.5 Å². The van der Waals surface area contributed by atoms with Gasteiger partial charge in [0.1, 0.15) is 0 Å². The van der Waals surface area contributed by atoms with Crippen LogP contribution < -0.4 is 0 Å². The van der Waals surface area contributed by atoms with Crippen molar-refractivity contribution in [1.82, 2.24) is 4.98 Å². The summed E-state index contributed by atoms with van der Waals surface area (Å²) in [7, 11) is -3.15. The number of pyridine rings is 1. The van der Waals surface area contributed by atoms with E-state index < -0.39 is 21.2 Å². The monoisotopic (exact) mass is 295 g/mol. The molecule has 5 heteroatoms. The molecule has 3 rings (SSSR count). The van der Waals surface area contributed by atoms with Crippen LogP contribution in [-0.4, -0.2) is 35.6 Å². The first-order valence-electron chi connectivity index (χ1n) is 7.43. The molecule has 110 valence electrons. The second-order valence-corrected chi connectivity index (χ2v) is 8.28. The maximum absolute atomic E-state index is 12.2. The summed E-state index contributed by atoms with van der Waals surface area (Å²) in [6, 6.07) is 3.95. The zero-order chi connectivity index (χ0) is 14.2. The third kappa shape index (κ3) is 2.49. The molecule has 1 aliphatic carbocycles. The summed E-state index contributed by atoms with van der Waals surface area (Å²) >= 11 is 0. The molecular weight excluding hydrogens is 274 g/mol. The first kappa shape index (κ1) is 14.0. The average molecular weight is 295 g/mol. The second-order valence-electron chi connectivity index (χ2n) is 5.94. The Kier molecular flexibility index (Phi) is 3.82. The topological polar surface area (TPSA) is 67.3 Å². The smallest absolute Gasteiger partial charge is 0.155 e. The van der Waals surface area contributed by atoms with E-state index in [2.05, 4.69) is 4.98 Å². The van der Waals surface area contributed by atoms with Gasteiger partial charge in [0.15, 0.2) is 9.84 Å². The Hall–Kier alpha value is -0.940. The van der Waals surface area contributed by atoms with Crippen LogP contribution in [0, 0.1) is 0 Å². The number of aliphatic hydroxyl groups is 1. The standard InChI is InChI=1S/C15H21NO3S/c17-15(13-8-1-2-10-20(13,18)19)12-7-3-5-11-6-4-9-16-14(11)12/h4,6,9,12-13,15,17H,1-3,5,7-8,10H2. The van der Waals surface area contributed by atoms with Gasteiger partial charge in [0, 0.05) is 17.8 Å². The fourth-order valence-corrected chi connectivity index (χ4v) is 5.65. The minimum Gasteiger partial charge on any atom is -0.391 e. The van der Waals surface area contributed by atoms with Gasteiger partial charge < -0.3 is 5.11 Å². The third-order valence-corrected chi connectivity index (χ3v) is 6.96. The van der Waals surface area contributed by atoms with Gasteiger partial charge >= 0.3 is 0 Å². The minimum absolute atomic E-state index is 0.127. The van der Waals surface area contributed by atoms with Gasteiger partial charge in [-0.3, -0.25) is 4.98 Å². The van der Waals surface area contributed by atoms with E-state index in [1.165, 1.54) is 0 Å². The van der Waals surface area contributed by atoms with E-state index in [4.69, 9.17) is 0 Å². The molecule has 4 nitrogen and oxygen atoms in total. The summed E-state index contributed by atoms with van der Waals surface area (Å²) in [4.78, 5) is 4.41. The fraction of sp³-hybridized carbons (Fsp3) is 0.667. The predicted molar refractivity (Wildman–Crippen MR) is 77.3 cm³/mol. The van der Waals surface area contributed by atoms with Crippen molar-refractivity contribution in [2.45, 2.75) is 55.8 Å². The summed E-state index contributed by atoms with van der Waals surface area (Å²) in [5.74, 6) is 0.0918. The highest BCUT2D eigenvalue weighted by atomic mass is 32.2. The van der Waals surface area contributed by atoms with Gasteiger partial charge in [-0.05, 0) is 43.7 Å². The van der Waals surface area contributed by atoms with Crippen LogP contribution in [0.15, 0.2) is 18.3 Å². The number of hydrogen-bond acceptors (Lipinski definition) is 4. The molecule has 0 radical (unpaired) electrons. The number of sulfone groups is 1. The van der Waals surface area contributed by atoms with E-state index in [1.807, 2.05) is 12.1 Å². The molecule has 0 amide bonds. The van der Waals surface area contributed by atoms with Crippen molar-refractivity contribution in [3.63, 3.8) is 0 Å². The SMILES string of the molecule is O=S1(=O)CCCCC1C(O)C1CCCc2cccnc21. The van der Waals surface area contributed by atoms with Crippen molar-refractivity contribution in [2.75, 3.05) is 5.75 Å². The van der Waals surface area contributed by atoms with E-state index >= 15 is 0 Å². The van der Waals surface area contributed by atoms with E-state index in [0.29, 0.717) is 6.42 Å². The van der Waals surface area contributed by atoms with Crippen LogP contribution in [0.1, 0.15) is 49.3 Å². The van der Waals surface area contributed by atoms with Crippen LogP contribution in [0.5, 0.6) is 0 Å². The first-order chi connectivity index (χ1) is 9.59. The van der Waals surface area contributed by atoms with Crippen molar-refractivity contribution in [2.24, 2.45) is 0 Å². The van der Waals surface area contributed by atoms with Gasteiger partial charge in [-0.2, -0.15) is 0 Å². The Morgan fingerprint density at radius 1 is 1.25 bits per heavy atom. The van der Waals surface area contributed by atoms with Crippen LogP contribution in [0.2, 0.25) is 0 Å². The Morgan fingerprint density at radius 3 is 2.90 bits per heavy atom. The number of aliphatic hydroxyl groups excluding tert-OH is 1. The second kappa shape index (κ2) is 5.45. The van der Waals surface area contributed by atoms with Crippen LogP contribution in [0.3, 0.4) is 0 Å². The minimum atomic E-state index is -3.15. The molecule has 0 saturated carbocycles. The molecule has 3 unspecified atom stereocenters. The number of rotatable bonds is 2. The normalized spacial score (nSPS) is 30.4. The molecule has 2 heterocycles. The number of nitrogens with zero attached hydrogens (tertiary/aromatic N) is 1. The third-order valence-electron chi connectivity index (χ3n) is 4.66. The molecule has 2 aliphatic rings. The average Bonchev–Trinajstić information content (AvgIpc) is 2.45. The van der Waals surface area contributed by atoms with Crippen LogP contribution in [0.25, 0.3) is 0 Å². The summed E-state index contributed by atoms with van der Waals surface area (Å²) in [6.07, 6.45) is 5.93. The van der Waals surface area contributed by atoms with Gasteiger partial charge in [0.05, 0.1) is 17.1 Å². The van der Waals surface area contributed by atoms with E-state index in [0.717, 1.165) is 43.4 Å². The Morgan fingerprint density at radius 2 is 2.10 bits per heavy atom. The number of fused-ring (bicyclic) bond motifs is 1. The molecule has 1 aromatic rings. The number of aromatic nitrogens is 1. The zero-order valence-electron chi connectivity index (χ0n) is 11.5. The van der Waals surface area contributed by atoms with Crippen LogP contribution in [0.4, 0.5) is 0 Å². The summed E-state index contributed by atoms with van der Waals surface area (Å²) in [5.41, 5.74) is 2.07. The zero-order valence-corrected chi connectivity index (χ0v) is 12.3. The quantitative estimate of drug-likeness (QED) is 0.904. The Labute approximate surface area is 120 Å². The highest BCUT2D eigenvalue weighted by Gasteiger charge is 2.40. The maximum atomic E-state index is 12.2. The molecule has 1 aliphatic heterocycles. The summed E-state index contributed by atoms with van der Waals surface area (Å²) < 4.78 is 24.4. The highest BCUT2D eigenvalue weighted by Crippen LogP contribution is 2.37. The Balaban J connectivity index is 1.90. The van der Waals surface area contributed by atoms with E-state index in [1.54, 1.807) is 6.20 Å². The van der Waals surface area contributed by atoms with E-state index in [-0.39, 0.29) is 11.7 Å². The van der Waals surface area contributed by atoms with Gasteiger partial charge in [-0.25, -0.2) is 8.42 Å². The molecule has 3 atom stereocenters. The number of hydrogen-bond donors (Lipinski definition) is 1. The molecule has 0 spiro atoms. The van der Waals surface area contributed by atoms with Crippen molar-refractivity contribution in [1.29, 1.82) is 0 Å². The van der Waals surface area contributed by atoms with Gasteiger partial charge in [-0.15, -0.1) is 0 Å². The molecular formula is C15H21NO3S. The molecule has 1 N–H and O–H groups in total. The van der Waals surface area contributed by atoms with Crippen molar-refractivity contribution >= 4 is 9.84 Å². The summed E-state index contributed by atoms with van der Waals surface area (Å²) in [6.45, 7) is 0. The van der Waals surface area contributed by atoms with Crippen molar-refractivity contribution in [3.8, 4) is 0 Å². The van der Waals surface area contributed by atoms with Gasteiger partial charge in [-0.1, -0.05) is 12.5 Å². The molecule has 1 saturated heterocycles. The molecule has 0 aromatic carbocycles. The van der Waals surface area contributed by atoms with Crippen LogP contribution in [-0.2, 0) is 16.3 Å². The van der Waals surface area contributed by atoms with Crippen molar-refractivity contribution in [3.05, 3.63) is 29.6 Å². The lowest BCUT2D eigenvalue weighted by Gasteiger charge is -2.34. The fourth-order valence-electron chi connectivity index (χ4n) is 3.60. The first-order valence-corrected chi connectivity index (χ1v) is 9.14. The maximum Gasteiger partial charge on any atom is 0.155 e. The number of aryl methyl sites for hydroxylation is 1. The largest absolute Gasteiger partial charge is 0.391 e. The lowest BCUT2D eigenvalue weighted by molar-refractivity contribution is 0.121. The molecule has 1 fully saturated rings. The van der Waals surface area contributed by atoms with Crippen LogP contribution >= 0.6 is 0 Å². The molecule has 0 bridgehead atoms. The lowest BCUT2D eigenvalue weighted by Crippen LogP contribution is -2.42. The Bertz CT molecular complexity index is 585. The van der Waals surface area contributed by atoms with Crippen molar-refractivity contribution < 1.29 is 13.5 Å². The van der Waals surface area contributed by atoms with Gasteiger partial charge in [0.25, 0.3) is 0 Å².